The van der Waals surface area contributed by atoms with Gasteiger partial charge in [-0.05, 0) is 46.4 Å². The minimum Gasteiger partial charge on any atom is -0.314 e. The van der Waals surface area contributed by atoms with Gasteiger partial charge in [-0.15, -0.1) is 0 Å². The second-order valence-electron chi connectivity index (χ2n) is 3.74. The predicted octanol–water partition coefficient (Wildman–Crippen LogP) is 2.11. The van der Waals surface area contributed by atoms with Gasteiger partial charge in [0.25, 0.3) is 0 Å². The molecule has 1 heterocycles. The molecule has 80 valence electrons. The molecule has 0 saturated carbocycles. The van der Waals surface area contributed by atoms with Gasteiger partial charge in [0.15, 0.2) is 0 Å². The monoisotopic (exact) mass is 186 g/mol. The number of hydrogen-bond donors (Lipinski definition) is 1. The van der Waals surface area contributed by atoms with Crippen LogP contribution in [-0.2, 0) is 0 Å². The molecule has 13 heavy (non-hydrogen) atoms. The van der Waals surface area contributed by atoms with Gasteiger partial charge < -0.3 is 10.2 Å². The summed E-state index contributed by atoms with van der Waals surface area (Å²) in [6.45, 7) is 6.45. The second kappa shape index (κ2) is 8.52. The zero-order chi connectivity index (χ0) is 10.1. The lowest BCUT2D eigenvalue weighted by Gasteiger charge is -2.24. The largest absolute Gasteiger partial charge is 0.314 e. The number of nitrogens with one attached hydrogen (secondary N) is 1. The lowest BCUT2D eigenvalue weighted by molar-refractivity contribution is 0.322. The average molecular weight is 186 g/mol. The predicted molar refractivity (Wildman–Crippen MR) is 60.2 cm³/mol. The lowest BCUT2D eigenvalue weighted by atomic mass is 10.0. The van der Waals surface area contributed by atoms with Crippen LogP contribution in [0.2, 0.25) is 0 Å². The molecule has 2 nitrogen and oxygen atoms in total. The SMILES string of the molecule is CC.CN(C)CCC1CCCCN1. The molecule has 0 aromatic carbocycles. The molecular formula is C11H26N2. The van der Waals surface area contributed by atoms with Crippen molar-refractivity contribution in [2.75, 3.05) is 27.2 Å². The molecule has 0 aliphatic carbocycles. The van der Waals surface area contributed by atoms with Crippen molar-refractivity contribution in [3.8, 4) is 0 Å². The molecule has 0 aromatic rings. The summed E-state index contributed by atoms with van der Waals surface area (Å²) < 4.78 is 0. The van der Waals surface area contributed by atoms with Crippen molar-refractivity contribution in [3.05, 3.63) is 0 Å². The first kappa shape index (κ1) is 12.9. The Bertz CT molecular complexity index is 96.3. The van der Waals surface area contributed by atoms with Gasteiger partial charge in [-0.1, -0.05) is 20.3 Å². The molecule has 1 atom stereocenters. The Hall–Kier alpha value is -0.0800. The fourth-order valence-electron chi connectivity index (χ4n) is 1.58. The number of nitrogens with zero attached hydrogens (tertiary/aromatic N) is 1. The van der Waals surface area contributed by atoms with Crippen LogP contribution in [0.5, 0.6) is 0 Å². The van der Waals surface area contributed by atoms with E-state index in [2.05, 4.69) is 24.3 Å². The van der Waals surface area contributed by atoms with E-state index in [1.807, 2.05) is 13.8 Å². The van der Waals surface area contributed by atoms with Gasteiger partial charge in [0.05, 0.1) is 0 Å². The van der Waals surface area contributed by atoms with E-state index in [-0.39, 0.29) is 0 Å². The summed E-state index contributed by atoms with van der Waals surface area (Å²) in [6, 6.07) is 0.797. The Kier molecular flexibility index (Phi) is 8.46. The maximum atomic E-state index is 3.55. The van der Waals surface area contributed by atoms with Crippen molar-refractivity contribution in [1.82, 2.24) is 10.2 Å². The molecule has 0 bridgehead atoms. The Morgan fingerprint density at radius 1 is 1.23 bits per heavy atom. The summed E-state index contributed by atoms with van der Waals surface area (Å²) in [6.07, 6.45) is 5.49. The van der Waals surface area contributed by atoms with Crippen LogP contribution in [-0.4, -0.2) is 38.1 Å². The first-order valence-corrected chi connectivity index (χ1v) is 5.67. The second-order valence-corrected chi connectivity index (χ2v) is 3.74. The van der Waals surface area contributed by atoms with Crippen molar-refractivity contribution >= 4 is 0 Å². The van der Waals surface area contributed by atoms with Crippen molar-refractivity contribution in [3.63, 3.8) is 0 Å². The van der Waals surface area contributed by atoms with Gasteiger partial charge in [-0.3, -0.25) is 0 Å². The van der Waals surface area contributed by atoms with Gasteiger partial charge in [0, 0.05) is 6.04 Å². The average Bonchev–Trinajstić information content (AvgIpc) is 2.19. The third-order valence-electron chi connectivity index (χ3n) is 2.34. The van der Waals surface area contributed by atoms with E-state index in [1.165, 1.54) is 38.8 Å². The Labute approximate surface area is 83.7 Å². The van der Waals surface area contributed by atoms with Crippen molar-refractivity contribution in [2.24, 2.45) is 0 Å². The van der Waals surface area contributed by atoms with Crippen molar-refractivity contribution < 1.29 is 0 Å². The smallest absolute Gasteiger partial charge is 0.00792 e. The Morgan fingerprint density at radius 2 is 1.92 bits per heavy atom. The van der Waals surface area contributed by atoms with Crippen LogP contribution in [0.25, 0.3) is 0 Å². The number of piperidine rings is 1. The fraction of sp³-hybridized carbons (Fsp3) is 1.00. The maximum Gasteiger partial charge on any atom is 0.00792 e. The van der Waals surface area contributed by atoms with Gasteiger partial charge >= 0.3 is 0 Å². The standard InChI is InChI=1S/C9H20N2.C2H6/c1-11(2)8-6-9-5-3-4-7-10-9;1-2/h9-10H,3-8H2,1-2H3;1-2H3. The minimum absolute atomic E-state index is 0.797. The summed E-state index contributed by atoms with van der Waals surface area (Å²) in [5.74, 6) is 0. The highest BCUT2D eigenvalue weighted by Crippen LogP contribution is 2.09. The molecule has 0 radical (unpaired) electrons. The van der Waals surface area contributed by atoms with E-state index in [4.69, 9.17) is 0 Å². The zero-order valence-electron chi connectivity index (χ0n) is 9.77. The Balaban J connectivity index is 0.000000671. The fourth-order valence-corrected chi connectivity index (χ4v) is 1.58. The Morgan fingerprint density at radius 3 is 2.38 bits per heavy atom. The van der Waals surface area contributed by atoms with E-state index in [9.17, 15) is 0 Å². The third kappa shape index (κ3) is 7.03. The molecule has 1 fully saturated rings. The highest BCUT2D eigenvalue weighted by atomic mass is 15.1. The first-order valence-electron chi connectivity index (χ1n) is 5.67. The molecule has 0 aromatic heterocycles. The highest BCUT2D eigenvalue weighted by Gasteiger charge is 2.11. The van der Waals surface area contributed by atoms with E-state index in [0.717, 1.165) is 6.04 Å². The van der Waals surface area contributed by atoms with Gasteiger partial charge in [-0.25, -0.2) is 0 Å². The molecule has 0 amide bonds. The van der Waals surface area contributed by atoms with Crippen LogP contribution >= 0.6 is 0 Å². The summed E-state index contributed by atoms with van der Waals surface area (Å²) >= 11 is 0. The van der Waals surface area contributed by atoms with Crippen LogP contribution in [0.3, 0.4) is 0 Å². The van der Waals surface area contributed by atoms with Gasteiger partial charge in [0.1, 0.15) is 0 Å². The highest BCUT2D eigenvalue weighted by molar-refractivity contribution is 4.72. The normalized spacial score (nSPS) is 22.4. The van der Waals surface area contributed by atoms with Gasteiger partial charge in [-0.2, -0.15) is 0 Å². The van der Waals surface area contributed by atoms with Crippen molar-refractivity contribution in [2.45, 2.75) is 45.6 Å². The quantitative estimate of drug-likeness (QED) is 0.726. The molecular weight excluding hydrogens is 160 g/mol. The summed E-state index contributed by atoms with van der Waals surface area (Å²) in [4.78, 5) is 2.26. The maximum absolute atomic E-state index is 3.55. The van der Waals surface area contributed by atoms with E-state index in [1.54, 1.807) is 0 Å². The van der Waals surface area contributed by atoms with Crippen LogP contribution in [0.1, 0.15) is 39.5 Å². The molecule has 1 unspecified atom stereocenters. The molecule has 1 aliphatic heterocycles. The van der Waals surface area contributed by atoms with Crippen LogP contribution in [0.15, 0.2) is 0 Å². The molecule has 1 N–H and O–H groups in total. The van der Waals surface area contributed by atoms with Gasteiger partial charge in [0.2, 0.25) is 0 Å². The molecule has 2 heteroatoms. The zero-order valence-corrected chi connectivity index (χ0v) is 9.77. The molecule has 0 spiro atoms. The molecule has 1 rings (SSSR count). The summed E-state index contributed by atoms with van der Waals surface area (Å²) in [5.41, 5.74) is 0. The first-order chi connectivity index (χ1) is 6.29. The lowest BCUT2D eigenvalue weighted by Crippen LogP contribution is -2.36. The van der Waals surface area contributed by atoms with E-state index < -0.39 is 0 Å². The van der Waals surface area contributed by atoms with Crippen LogP contribution < -0.4 is 5.32 Å². The topological polar surface area (TPSA) is 15.3 Å². The van der Waals surface area contributed by atoms with Crippen molar-refractivity contribution in [1.29, 1.82) is 0 Å². The van der Waals surface area contributed by atoms with Crippen LogP contribution in [0, 0.1) is 0 Å². The number of hydrogen-bond acceptors (Lipinski definition) is 2. The van der Waals surface area contributed by atoms with E-state index in [0.29, 0.717) is 0 Å². The molecule has 1 aliphatic rings. The summed E-state index contributed by atoms with van der Waals surface area (Å²) in [7, 11) is 4.28. The molecule has 1 saturated heterocycles. The minimum atomic E-state index is 0.797. The third-order valence-corrected chi connectivity index (χ3v) is 2.34. The number of rotatable bonds is 3. The van der Waals surface area contributed by atoms with E-state index >= 15 is 0 Å². The summed E-state index contributed by atoms with van der Waals surface area (Å²) in [5, 5.41) is 3.55. The van der Waals surface area contributed by atoms with Crippen LogP contribution in [0.4, 0.5) is 0 Å².